The van der Waals surface area contributed by atoms with Crippen molar-refractivity contribution >= 4 is 23.5 Å². The molecule has 0 radical (unpaired) electrons. The van der Waals surface area contributed by atoms with Crippen molar-refractivity contribution in [2.24, 2.45) is 0 Å². The maximum atomic E-state index is 12.9. The van der Waals surface area contributed by atoms with E-state index >= 15 is 0 Å². The Morgan fingerprint density at radius 1 is 1.06 bits per heavy atom. The summed E-state index contributed by atoms with van der Waals surface area (Å²) in [6, 6.07) is 8.14. The van der Waals surface area contributed by atoms with Gasteiger partial charge in [0.1, 0.15) is 0 Å². The number of amides is 2. The van der Waals surface area contributed by atoms with E-state index in [4.69, 9.17) is 9.15 Å². The van der Waals surface area contributed by atoms with Gasteiger partial charge in [0, 0.05) is 17.8 Å². The molecule has 1 heterocycles. The summed E-state index contributed by atoms with van der Waals surface area (Å²) in [5, 5.41) is 5.07. The Morgan fingerprint density at radius 3 is 2.45 bits per heavy atom. The number of methoxy groups -OCH3 is 1. The first kappa shape index (κ1) is 23.5. The third-order valence-corrected chi connectivity index (χ3v) is 4.53. The number of nitrogens with one attached hydrogen (secondary N) is 2. The van der Waals surface area contributed by atoms with E-state index in [2.05, 4.69) is 15.6 Å². The number of ether oxygens (including phenoxy) is 1. The summed E-state index contributed by atoms with van der Waals surface area (Å²) < 4.78 is 48.5. The van der Waals surface area contributed by atoms with E-state index in [0.717, 1.165) is 24.6 Å². The molecule has 8 nitrogen and oxygen atoms in total. The predicted molar refractivity (Wildman–Crippen MR) is 110 cm³/mol. The second-order valence-electron chi connectivity index (χ2n) is 6.89. The number of anilines is 1. The van der Waals surface area contributed by atoms with Crippen LogP contribution in [0.15, 0.2) is 53.3 Å². The number of nitrogens with zero attached hydrogens (tertiary/aromatic N) is 1. The smallest absolute Gasteiger partial charge is 0.416 e. The number of rotatable bonds is 6. The van der Waals surface area contributed by atoms with Gasteiger partial charge in [0.05, 0.1) is 23.9 Å². The molecule has 1 aromatic heterocycles. The largest absolute Gasteiger partial charge is 0.465 e. The molecule has 3 aromatic rings. The molecule has 2 aromatic carbocycles. The van der Waals surface area contributed by atoms with Crippen molar-refractivity contribution in [1.82, 2.24) is 10.3 Å². The standard InChI is InChI=1S/C22H18F3N3O5/c1-12-18(33-11-27-12)20(30)26-10-13-6-15(21(31)32-2)9-17(7-13)28-19(29)14-4-3-5-16(8-14)22(23,24)25/h3-9,11H,10H2,1-2H3,(H,26,30)(H,28,29). The van der Waals surface area contributed by atoms with Gasteiger partial charge in [-0.15, -0.1) is 0 Å². The number of aromatic nitrogens is 1. The molecule has 172 valence electrons. The Balaban J connectivity index is 1.82. The molecule has 0 aliphatic heterocycles. The Kier molecular flexibility index (Phi) is 6.80. The maximum absolute atomic E-state index is 12.9. The summed E-state index contributed by atoms with van der Waals surface area (Å²) in [4.78, 5) is 40.6. The number of aryl methyl sites for hydroxylation is 1. The van der Waals surface area contributed by atoms with Crippen LogP contribution in [0.4, 0.5) is 18.9 Å². The number of carbonyl (C=O) groups is 3. The van der Waals surface area contributed by atoms with Gasteiger partial charge >= 0.3 is 12.1 Å². The van der Waals surface area contributed by atoms with Crippen LogP contribution in [0.1, 0.15) is 48.1 Å². The van der Waals surface area contributed by atoms with Gasteiger partial charge in [-0.05, 0) is 48.9 Å². The minimum absolute atomic E-state index is 0.0252. The molecule has 0 atom stereocenters. The van der Waals surface area contributed by atoms with Crippen LogP contribution in [-0.4, -0.2) is 29.9 Å². The number of carbonyl (C=O) groups excluding carboxylic acids is 3. The van der Waals surface area contributed by atoms with E-state index < -0.39 is 29.5 Å². The minimum atomic E-state index is -4.60. The zero-order chi connectivity index (χ0) is 24.2. The minimum Gasteiger partial charge on any atom is -0.465 e. The third-order valence-electron chi connectivity index (χ3n) is 4.53. The fourth-order valence-corrected chi connectivity index (χ4v) is 2.92. The quantitative estimate of drug-likeness (QED) is 0.538. The van der Waals surface area contributed by atoms with Crippen LogP contribution in [0.3, 0.4) is 0 Å². The Morgan fingerprint density at radius 2 is 1.82 bits per heavy atom. The van der Waals surface area contributed by atoms with Gasteiger partial charge in [0.25, 0.3) is 11.8 Å². The Bertz CT molecular complexity index is 1200. The van der Waals surface area contributed by atoms with Gasteiger partial charge in [-0.1, -0.05) is 6.07 Å². The van der Waals surface area contributed by atoms with Crippen LogP contribution in [0.5, 0.6) is 0 Å². The second-order valence-corrected chi connectivity index (χ2v) is 6.89. The average molecular weight is 461 g/mol. The lowest BCUT2D eigenvalue weighted by atomic mass is 10.1. The van der Waals surface area contributed by atoms with Gasteiger partial charge in [-0.2, -0.15) is 13.2 Å². The van der Waals surface area contributed by atoms with Crippen LogP contribution in [0, 0.1) is 6.92 Å². The van der Waals surface area contributed by atoms with Crippen molar-refractivity contribution in [1.29, 1.82) is 0 Å². The number of esters is 1. The fourth-order valence-electron chi connectivity index (χ4n) is 2.92. The SMILES string of the molecule is COC(=O)c1cc(CNC(=O)c2ocnc2C)cc(NC(=O)c2cccc(C(F)(F)F)c2)c1. The van der Waals surface area contributed by atoms with Crippen molar-refractivity contribution in [3.8, 4) is 0 Å². The molecule has 0 saturated carbocycles. The van der Waals surface area contributed by atoms with E-state index in [1.54, 1.807) is 6.92 Å². The van der Waals surface area contributed by atoms with E-state index in [1.165, 1.54) is 31.4 Å². The van der Waals surface area contributed by atoms with Gasteiger partial charge in [0.15, 0.2) is 6.39 Å². The fraction of sp³-hybridized carbons (Fsp3) is 0.182. The normalized spacial score (nSPS) is 11.1. The summed E-state index contributed by atoms with van der Waals surface area (Å²) in [5.74, 6) is -2.03. The van der Waals surface area contributed by atoms with Gasteiger partial charge in [0.2, 0.25) is 5.76 Å². The number of oxazole rings is 1. The lowest BCUT2D eigenvalue weighted by Gasteiger charge is -2.12. The molecule has 0 bridgehead atoms. The molecule has 2 amide bonds. The molecule has 11 heteroatoms. The number of halogens is 3. The molecular weight excluding hydrogens is 443 g/mol. The molecule has 0 saturated heterocycles. The van der Waals surface area contributed by atoms with Crippen molar-refractivity contribution in [2.45, 2.75) is 19.6 Å². The second kappa shape index (κ2) is 9.55. The van der Waals surface area contributed by atoms with Crippen molar-refractivity contribution in [3.63, 3.8) is 0 Å². The van der Waals surface area contributed by atoms with Crippen LogP contribution in [0.2, 0.25) is 0 Å². The van der Waals surface area contributed by atoms with Gasteiger partial charge in [-0.3, -0.25) is 9.59 Å². The zero-order valence-electron chi connectivity index (χ0n) is 17.4. The Labute approximate surface area is 185 Å². The first-order valence-electron chi connectivity index (χ1n) is 9.47. The molecule has 0 fully saturated rings. The summed E-state index contributed by atoms with van der Waals surface area (Å²) >= 11 is 0. The molecule has 0 aliphatic rings. The van der Waals surface area contributed by atoms with Gasteiger partial charge in [-0.25, -0.2) is 9.78 Å². The highest BCUT2D eigenvalue weighted by Gasteiger charge is 2.31. The van der Waals surface area contributed by atoms with Gasteiger partial charge < -0.3 is 19.8 Å². The van der Waals surface area contributed by atoms with Crippen molar-refractivity contribution in [3.05, 3.63) is 82.6 Å². The molecular formula is C22H18F3N3O5. The molecule has 0 spiro atoms. The summed E-state index contributed by atoms with van der Waals surface area (Å²) in [6.45, 7) is 1.55. The summed E-state index contributed by atoms with van der Waals surface area (Å²) in [7, 11) is 1.17. The van der Waals surface area contributed by atoms with E-state index in [-0.39, 0.29) is 29.1 Å². The first-order chi connectivity index (χ1) is 15.6. The molecule has 2 N–H and O–H groups in total. The average Bonchev–Trinajstić information content (AvgIpc) is 3.22. The highest BCUT2D eigenvalue weighted by atomic mass is 19.4. The number of benzene rings is 2. The highest BCUT2D eigenvalue weighted by Crippen LogP contribution is 2.29. The monoisotopic (exact) mass is 461 g/mol. The lowest BCUT2D eigenvalue weighted by molar-refractivity contribution is -0.137. The third kappa shape index (κ3) is 5.76. The molecule has 0 unspecified atom stereocenters. The number of hydrogen-bond acceptors (Lipinski definition) is 6. The summed E-state index contributed by atoms with van der Waals surface area (Å²) in [6.07, 6.45) is -3.47. The molecule has 33 heavy (non-hydrogen) atoms. The topological polar surface area (TPSA) is 111 Å². The Hall–Kier alpha value is -4.15. The van der Waals surface area contributed by atoms with Crippen LogP contribution in [0.25, 0.3) is 0 Å². The van der Waals surface area contributed by atoms with E-state index in [0.29, 0.717) is 11.3 Å². The van der Waals surface area contributed by atoms with Crippen LogP contribution in [-0.2, 0) is 17.5 Å². The van der Waals surface area contributed by atoms with Crippen LogP contribution < -0.4 is 10.6 Å². The molecule has 3 rings (SSSR count). The molecule has 0 aliphatic carbocycles. The number of alkyl halides is 3. The highest BCUT2D eigenvalue weighted by molar-refractivity contribution is 6.05. The first-order valence-corrected chi connectivity index (χ1v) is 9.47. The van der Waals surface area contributed by atoms with E-state index in [1.807, 2.05) is 0 Å². The zero-order valence-corrected chi connectivity index (χ0v) is 17.4. The van der Waals surface area contributed by atoms with Crippen LogP contribution >= 0.6 is 0 Å². The summed E-state index contributed by atoms with van der Waals surface area (Å²) in [5.41, 5.74) is -0.180. The maximum Gasteiger partial charge on any atom is 0.416 e. The predicted octanol–water partition coefficient (Wildman–Crippen LogP) is 3.97. The lowest BCUT2D eigenvalue weighted by Crippen LogP contribution is -2.23. The van der Waals surface area contributed by atoms with Crippen molar-refractivity contribution < 1.29 is 36.7 Å². The number of hydrogen-bond donors (Lipinski definition) is 2. The van der Waals surface area contributed by atoms with Crippen molar-refractivity contribution in [2.75, 3.05) is 12.4 Å². The van der Waals surface area contributed by atoms with E-state index in [9.17, 15) is 27.6 Å².